The second-order valence-electron chi connectivity index (χ2n) is 5.38. The molecule has 1 aromatic rings. The third-order valence-electron chi connectivity index (χ3n) is 3.82. The first kappa shape index (κ1) is 12.9. The van der Waals surface area contributed by atoms with Crippen LogP contribution in [0.2, 0.25) is 0 Å². The first-order chi connectivity index (χ1) is 8.65. The number of benzene rings is 1. The van der Waals surface area contributed by atoms with Crippen LogP contribution in [-0.4, -0.2) is 17.6 Å². The number of aromatic hydroxyl groups is 1. The maximum Gasteiger partial charge on any atom is 0.251 e. The lowest BCUT2D eigenvalue weighted by Gasteiger charge is -2.26. The molecule has 18 heavy (non-hydrogen) atoms. The van der Waals surface area contributed by atoms with Crippen molar-refractivity contribution >= 4 is 5.91 Å². The fraction of sp³-hybridized carbons (Fsp3) is 0.533. The minimum atomic E-state index is -0.0476. The lowest BCUT2D eigenvalue weighted by Crippen LogP contribution is -2.31. The van der Waals surface area contributed by atoms with E-state index in [1.165, 1.54) is 37.8 Å². The Bertz CT molecular complexity index is 391. The van der Waals surface area contributed by atoms with Gasteiger partial charge in [0.25, 0.3) is 5.91 Å². The van der Waals surface area contributed by atoms with Crippen molar-refractivity contribution in [2.75, 3.05) is 6.54 Å². The highest BCUT2D eigenvalue weighted by Gasteiger charge is 2.18. The van der Waals surface area contributed by atoms with Gasteiger partial charge < -0.3 is 10.4 Å². The number of carbonyl (C=O) groups excluding carboxylic acids is 1. The number of hydrogen-bond donors (Lipinski definition) is 2. The van der Waals surface area contributed by atoms with E-state index in [1.54, 1.807) is 12.1 Å². The van der Waals surface area contributed by atoms with E-state index < -0.39 is 0 Å². The second-order valence-corrected chi connectivity index (χ2v) is 5.38. The zero-order chi connectivity index (χ0) is 13.0. The van der Waals surface area contributed by atoms with Crippen LogP contribution in [0.15, 0.2) is 24.3 Å². The monoisotopic (exact) mass is 247 g/mol. The van der Waals surface area contributed by atoms with Gasteiger partial charge in [-0.05, 0) is 48.9 Å². The molecule has 2 N–H and O–H groups in total. The molecule has 1 saturated carbocycles. The third kappa shape index (κ3) is 3.49. The summed E-state index contributed by atoms with van der Waals surface area (Å²) in [7, 11) is 0. The zero-order valence-corrected chi connectivity index (χ0v) is 10.9. The smallest absolute Gasteiger partial charge is 0.251 e. The SMILES string of the molecule is CC1CCC(CNC(=O)c2ccc(O)cc2)CC1. The number of rotatable bonds is 3. The largest absolute Gasteiger partial charge is 0.508 e. The molecule has 3 heteroatoms. The van der Waals surface area contributed by atoms with E-state index in [4.69, 9.17) is 5.11 Å². The molecule has 0 saturated heterocycles. The van der Waals surface area contributed by atoms with Crippen molar-refractivity contribution in [1.82, 2.24) is 5.32 Å². The van der Waals surface area contributed by atoms with Crippen LogP contribution in [0.25, 0.3) is 0 Å². The standard InChI is InChI=1S/C15H21NO2/c1-11-2-4-12(5-3-11)10-16-15(18)13-6-8-14(17)9-7-13/h6-9,11-12,17H,2-5,10H2,1H3,(H,16,18). The Morgan fingerprint density at radius 1 is 1.22 bits per heavy atom. The molecule has 0 bridgehead atoms. The molecule has 0 unspecified atom stereocenters. The van der Waals surface area contributed by atoms with Crippen LogP contribution in [0.3, 0.4) is 0 Å². The molecule has 1 aliphatic carbocycles. The Morgan fingerprint density at radius 2 is 1.83 bits per heavy atom. The minimum absolute atomic E-state index is 0.0476. The molecule has 2 rings (SSSR count). The maximum absolute atomic E-state index is 11.9. The summed E-state index contributed by atoms with van der Waals surface area (Å²) in [6, 6.07) is 6.37. The third-order valence-corrected chi connectivity index (χ3v) is 3.82. The zero-order valence-electron chi connectivity index (χ0n) is 10.9. The summed E-state index contributed by atoms with van der Waals surface area (Å²) in [5.74, 6) is 1.61. The van der Waals surface area contributed by atoms with Crippen molar-refractivity contribution in [3.05, 3.63) is 29.8 Å². The van der Waals surface area contributed by atoms with Crippen LogP contribution in [0.4, 0.5) is 0 Å². The van der Waals surface area contributed by atoms with Crippen molar-refractivity contribution in [1.29, 1.82) is 0 Å². The predicted octanol–water partition coefficient (Wildman–Crippen LogP) is 2.95. The van der Waals surface area contributed by atoms with Gasteiger partial charge in [0.1, 0.15) is 5.75 Å². The number of hydrogen-bond acceptors (Lipinski definition) is 2. The Hall–Kier alpha value is -1.51. The Labute approximate surface area is 108 Å². The van der Waals surface area contributed by atoms with Gasteiger partial charge in [0.2, 0.25) is 0 Å². The van der Waals surface area contributed by atoms with Crippen LogP contribution in [0.1, 0.15) is 43.0 Å². The number of carbonyl (C=O) groups is 1. The van der Waals surface area contributed by atoms with Gasteiger partial charge in [-0.3, -0.25) is 4.79 Å². The predicted molar refractivity (Wildman–Crippen MR) is 71.6 cm³/mol. The summed E-state index contributed by atoms with van der Waals surface area (Å²) in [6.45, 7) is 3.07. The van der Waals surface area contributed by atoms with Crippen LogP contribution in [-0.2, 0) is 0 Å². The number of phenolic OH excluding ortho intramolecular Hbond substituents is 1. The molecule has 0 aromatic heterocycles. The average Bonchev–Trinajstić information content (AvgIpc) is 2.38. The summed E-state index contributed by atoms with van der Waals surface area (Å²) in [5.41, 5.74) is 0.608. The van der Waals surface area contributed by atoms with E-state index in [9.17, 15) is 4.79 Å². The first-order valence-corrected chi connectivity index (χ1v) is 6.72. The van der Waals surface area contributed by atoms with Gasteiger partial charge in [-0.25, -0.2) is 0 Å². The molecule has 1 aliphatic rings. The van der Waals surface area contributed by atoms with E-state index >= 15 is 0 Å². The highest BCUT2D eigenvalue weighted by atomic mass is 16.3. The molecule has 0 spiro atoms. The van der Waals surface area contributed by atoms with Gasteiger partial charge in [0.05, 0.1) is 0 Å². The Morgan fingerprint density at radius 3 is 2.44 bits per heavy atom. The quantitative estimate of drug-likeness (QED) is 0.862. The maximum atomic E-state index is 11.9. The number of nitrogens with one attached hydrogen (secondary N) is 1. The van der Waals surface area contributed by atoms with Crippen molar-refractivity contribution in [3.63, 3.8) is 0 Å². The lowest BCUT2D eigenvalue weighted by molar-refractivity contribution is 0.0942. The summed E-state index contributed by atoms with van der Waals surface area (Å²) < 4.78 is 0. The van der Waals surface area contributed by atoms with Crippen LogP contribution in [0.5, 0.6) is 5.75 Å². The molecule has 0 radical (unpaired) electrons. The first-order valence-electron chi connectivity index (χ1n) is 6.72. The van der Waals surface area contributed by atoms with E-state index in [2.05, 4.69) is 12.2 Å². The molecule has 1 amide bonds. The van der Waals surface area contributed by atoms with Gasteiger partial charge in [-0.1, -0.05) is 19.8 Å². The van der Waals surface area contributed by atoms with Crippen molar-refractivity contribution < 1.29 is 9.90 Å². The fourth-order valence-electron chi connectivity index (χ4n) is 2.49. The Balaban J connectivity index is 1.79. The molecule has 1 aromatic carbocycles. The molecule has 98 valence electrons. The summed E-state index contributed by atoms with van der Waals surface area (Å²) >= 11 is 0. The van der Waals surface area contributed by atoms with Crippen molar-refractivity contribution in [2.24, 2.45) is 11.8 Å². The highest BCUT2D eigenvalue weighted by Crippen LogP contribution is 2.27. The van der Waals surface area contributed by atoms with Gasteiger partial charge >= 0.3 is 0 Å². The fourth-order valence-corrected chi connectivity index (χ4v) is 2.49. The second kappa shape index (κ2) is 5.89. The summed E-state index contributed by atoms with van der Waals surface area (Å²) in [6.07, 6.45) is 4.99. The minimum Gasteiger partial charge on any atom is -0.508 e. The molecule has 0 atom stereocenters. The molecular weight excluding hydrogens is 226 g/mol. The average molecular weight is 247 g/mol. The van der Waals surface area contributed by atoms with Crippen molar-refractivity contribution in [2.45, 2.75) is 32.6 Å². The molecule has 0 aliphatic heterocycles. The summed E-state index contributed by atoms with van der Waals surface area (Å²) in [4.78, 5) is 11.9. The van der Waals surface area contributed by atoms with Crippen LogP contribution >= 0.6 is 0 Å². The highest BCUT2D eigenvalue weighted by molar-refractivity contribution is 5.94. The molecule has 0 heterocycles. The molecular formula is C15H21NO2. The number of phenols is 1. The van der Waals surface area contributed by atoms with Gasteiger partial charge in [-0.2, -0.15) is 0 Å². The van der Waals surface area contributed by atoms with Crippen LogP contribution < -0.4 is 5.32 Å². The van der Waals surface area contributed by atoms with Gasteiger partial charge in [0, 0.05) is 12.1 Å². The number of amides is 1. The van der Waals surface area contributed by atoms with E-state index in [0.717, 1.165) is 12.5 Å². The molecule has 1 fully saturated rings. The van der Waals surface area contributed by atoms with Gasteiger partial charge in [0.15, 0.2) is 0 Å². The van der Waals surface area contributed by atoms with Crippen LogP contribution in [0, 0.1) is 11.8 Å². The molecule has 3 nitrogen and oxygen atoms in total. The lowest BCUT2D eigenvalue weighted by atomic mass is 9.83. The van der Waals surface area contributed by atoms with E-state index in [-0.39, 0.29) is 11.7 Å². The normalized spacial score (nSPS) is 23.6. The van der Waals surface area contributed by atoms with E-state index in [0.29, 0.717) is 11.5 Å². The Kier molecular flexibility index (Phi) is 4.24. The topological polar surface area (TPSA) is 49.3 Å². The van der Waals surface area contributed by atoms with Gasteiger partial charge in [-0.15, -0.1) is 0 Å². The van der Waals surface area contributed by atoms with E-state index in [1.807, 2.05) is 0 Å². The van der Waals surface area contributed by atoms with Crippen molar-refractivity contribution in [3.8, 4) is 5.75 Å². The summed E-state index contributed by atoms with van der Waals surface area (Å²) in [5, 5.41) is 12.1.